The van der Waals surface area contributed by atoms with Gasteiger partial charge >= 0.3 is 18.0 Å². The molecule has 17 heteroatoms. The van der Waals surface area contributed by atoms with E-state index in [4.69, 9.17) is 16.2 Å². The number of nitrogens with one attached hydrogen (secondary N) is 5. The van der Waals surface area contributed by atoms with Gasteiger partial charge in [-0.05, 0) is 69.6 Å². The molecule has 1 fully saturated rings. The summed E-state index contributed by atoms with van der Waals surface area (Å²) >= 11 is 0. The van der Waals surface area contributed by atoms with Crippen molar-refractivity contribution in [2.45, 2.75) is 98.8 Å². The Labute approximate surface area is 304 Å². The monoisotopic (exact) mass is 730 g/mol. The number of likely N-dealkylation sites (tertiary alicyclic amines) is 1. The van der Waals surface area contributed by atoms with E-state index in [-0.39, 0.29) is 82.5 Å². The Hall–Kier alpha value is -5.22. The van der Waals surface area contributed by atoms with E-state index in [1.54, 1.807) is 45.0 Å². The van der Waals surface area contributed by atoms with Gasteiger partial charge in [-0.3, -0.25) is 33.7 Å². The minimum atomic E-state index is -1.16. The molecule has 0 aliphatic carbocycles. The Morgan fingerprint density at radius 1 is 0.827 bits per heavy atom. The second-order valence-electron chi connectivity index (χ2n) is 14.8. The molecule has 1 aromatic rings. The topological polar surface area (TPSA) is 261 Å². The highest BCUT2D eigenvalue weighted by Gasteiger charge is 2.44. The number of anilines is 1. The summed E-state index contributed by atoms with van der Waals surface area (Å²) < 4.78 is 5.33. The van der Waals surface area contributed by atoms with Gasteiger partial charge in [-0.25, -0.2) is 9.59 Å². The van der Waals surface area contributed by atoms with E-state index in [0.717, 1.165) is 4.90 Å². The molecule has 1 aliphatic heterocycles. The Balaban J connectivity index is 2.15. The lowest BCUT2D eigenvalue weighted by atomic mass is 9.80. The highest BCUT2D eigenvalue weighted by Crippen LogP contribution is 2.35. The largest absolute Gasteiger partial charge is 0.460 e. The van der Waals surface area contributed by atoms with Crippen LogP contribution in [0.15, 0.2) is 24.3 Å². The molecule has 9 amide bonds. The standard InChI is InChI=1S/C35H54N8O9/c1-34(2,3)23-19-27(45)43(30(23)48)18-15-26(44)41-24(9-7-16-38-32(36)50)29(47)42-25(10-8-17-39-33(37)51)28(46)40-22-13-11-21(12-14-22)20-52-31(49)35(4,5)6/h11-14,23-25H,7-10,15-20H2,1-6H3,(H,40,46)(H,41,44)(H,42,47)(H3,36,38,50)(H3,37,39,51)/t23?,24-,25-/m0/s1. The summed E-state index contributed by atoms with van der Waals surface area (Å²) in [6.07, 6.45) is 0.408. The van der Waals surface area contributed by atoms with Crippen LogP contribution in [0.25, 0.3) is 0 Å². The number of hydrogen-bond acceptors (Lipinski definition) is 9. The average Bonchev–Trinajstić information content (AvgIpc) is 3.34. The number of primary amides is 2. The van der Waals surface area contributed by atoms with Gasteiger partial charge in [-0.1, -0.05) is 32.9 Å². The maximum absolute atomic E-state index is 13.6. The van der Waals surface area contributed by atoms with Crippen LogP contribution in [0.1, 0.15) is 85.6 Å². The molecular formula is C35H54N8O9. The highest BCUT2D eigenvalue weighted by molar-refractivity contribution is 6.04. The maximum atomic E-state index is 13.6. The molecule has 17 nitrogen and oxygen atoms in total. The average molecular weight is 731 g/mol. The van der Waals surface area contributed by atoms with Gasteiger partial charge in [0.05, 0.1) is 11.3 Å². The van der Waals surface area contributed by atoms with Crippen LogP contribution in [0.2, 0.25) is 0 Å². The van der Waals surface area contributed by atoms with E-state index in [1.165, 1.54) is 0 Å². The van der Waals surface area contributed by atoms with Crippen LogP contribution in [0.4, 0.5) is 15.3 Å². The van der Waals surface area contributed by atoms with Crippen LogP contribution >= 0.6 is 0 Å². The predicted molar refractivity (Wildman–Crippen MR) is 191 cm³/mol. The number of hydrogen-bond donors (Lipinski definition) is 7. The fourth-order valence-electron chi connectivity index (χ4n) is 5.20. The maximum Gasteiger partial charge on any atom is 0.312 e. The molecule has 0 saturated carbocycles. The van der Waals surface area contributed by atoms with Crippen LogP contribution in [-0.2, 0) is 40.1 Å². The minimum absolute atomic E-state index is 0.0417. The minimum Gasteiger partial charge on any atom is -0.460 e. The summed E-state index contributed by atoms with van der Waals surface area (Å²) in [5.41, 5.74) is 10.3. The molecule has 1 saturated heterocycles. The summed E-state index contributed by atoms with van der Waals surface area (Å²) in [6.45, 7) is 10.9. The summed E-state index contributed by atoms with van der Waals surface area (Å²) in [5.74, 6) is -3.48. The number of benzene rings is 1. The molecule has 1 unspecified atom stereocenters. The van der Waals surface area contributed by atoms with Gasteiger partial charge in [0.15, 0.2) is 0 Å². The molecule has 52 heavy (non-hydrogen) atoms. The Kier molecular flexibility index (Phi) is 16.0. The second-order valence-corrected chi connectivity index (χ2v) is 14.8. The Morgan fingerprint density at radius 2 is 1.37 bits per heavy atom. The number of carbonyl (C=O) groups is 8. The van der Waals surface area contributed by atoms with E-state index in [9.17, 15) is 38.4 Å². The number of ether oxygens (including phenoxy) is 1. The molecular weight excluding hydrogens is 676 g/mol. The van der Waals surface area contributed by atoms with Crippen molar-refractivity contribution in [3.63, 3.8) is 0 Å². The van der Waals surface area contributed by atoms with Gasteiger partial charge < -0.3 is 42.8 Å². The zero-order valence-corrected chi connectivity index (χ0v) is 30.9. The lowest BCUT2D eigenvalue weighted by Crippen LogP contribution is -2.53. The van der Waals surface area contributed by atoms with E-state index in [0.29, 0.717) is 11.3 Å². The smallest absolute Gasteiger partial charge is 0.312 e. The van der Waals surface area contributed by atoms with Crippen molar-refractivity contribution < 1.29 is 43.1 Å². The van der Waals surface area contributed by atoms with Crippen molar-refractivity contribution >= 4 is 53.3 Å². The first-order valence-corrected chi connectivity index (χ1v) is 17.3. The van der Waals surface area contributed by atoms with Crippen LogP contribution in [0.3, 0.4) is 0 Å². The molecule has 1 aliphatic rings. The third-order valence-corrected chi connectivity index (χ3v) is 8.28. The third kappa shape index (κ3) is 14.6. The number of rotatable bonds is 18. The molecule has 3 atom stereocenters. The van der Waals surface area contributed by atoms with E-state index < -0.39 is 58.6 Å². The molecule has 0 aromatic heterocycles. The fraction of sp³-hybridized carbons (Fsp3) is 0.600. The number of imide groups is 1. The van der Waals surface area contributed by atoms with Crippen molar-refractivity contribution in [2.75, 3.05) is 25.0 Å². The number of nitrogens with two attached hydrogens (primary N) is 2. The Morgan fingerprint density at radius 3 is 1.85 bits per heavy atom. The molecule has 0 radical (unpaired) electrons. The Bertz CT molecular complexity index is 1470. The van der Waals surface area contributed by atoms with Crippen LogP contribution < -0.4 is 38.1 Å². The fourth-order valence-corrected chi connectivity index (χ4v) is 5.20. The summed E-state index contributed by atoms with van der Waals surface area (Å²) in [5, 5.41) is 12.9. The van der Waals surface area contributed by atoms with Crippen molar-refractivity contribution in [3.8, 4) is 0 Å². The summed E-state index contributed by atoms with van der Waals surface area (Å²) in [7, 11) is 0. The quantitative estimate of drug-likeness (QED) is 0.0653. The van der Waals surface area contributed by atoms with Crippen molar-refractivity contribution in [3.05, 3.63) is 29.8 Å². The molecule has 2 rings (SSSR count). The lowest BCUT2D eigenvalue weighted by Gasteiger charge is -2.25. The number of esters is 1. The molecule has 1 aromatic carbocycles. The lowest BCUT2D eigenvalue weighted by molar-refractivity contribution is -0.154. The van der Waals surface area contributed by atoms with Gasteiger partial charge in [0.1, 0.15) is 18.7 Å². The van der Waals surface area contributed by atoms with Crippen molar-refractivity contribution in [2.24, 2.45) is 28.2 Å². The van der Waals surface area contributed by atoms with Gasteiger partial charge in [0, 0.05) is 38.2 Å². The molecule has 288 valence electrons. The summed E-state index contributed by atoms with van der Waals surface area (Å²) in [6, 6.07) is 2.77. The molecule has 0 spiro atoms. The first-order chi connectivity index (χ1) is 24.2. The van der Waals surface area contributed by atoms with Crippen molar-refractivity contribution in [1.82, 2.24) is 26.2 Å². The zero-order chi connectivity index (χ0) is 39.2. The van der Waals surface area contributed by atoms with Crippen LogP contribution in [0.5, 0.6) is 0 Å². The second kappa shape index (κ2) is 19.4. The normalized spacial score (nSPS) is 15.7. The van der Waals surface area contributed by atoms with Crippen molar-refractivity contribution in [1.29, 1.82) is 0 Å². The summed E-state index contributed by atoms with van der Waals surface area (Å²) in [4.78, 5) is 101. The third-order valence-electron chi connectivity index (χ3n) is 8.28. The van der Waals surface area contributed by atoms with Gasteiger partial charge in [-0.2, -0.15) is 0 Å². The number of carbonyl (C=O) groups excluding carboxylic acids is 8. The van der Waals surface area contributed by atoms with Crippen LogP contribution in [-0.4, -0.2) is 84.2 Å². The van der Waals surface area contributed by atoms with E-state index in [1.807, 2.05) is 20.8 Å². The number of urea groups is 2. The number of nitrogens with zero attached hydrogens (tertiary/aromatic N) is 1. The highest BCUT2D eigenvalue weighted by atomic mass is 16.5. The molecule has 1 heterocycles. The van der Waals surface area contributed by atoms with Crippen LogP contribution in [0, 0.1) is 16.7 Å². The van der Waals surface area contributed by atoms with E-state index >= 15 is 0 Å². The van der Waals surface area contributed by atoms with Gasteiger partial charge in [-0.15, -0.1) is 0 Å². The molecule has 9 N–H and O–H groups in total. The SMILES string of the molecule is CC(C)(C)C(=O)OCc1ccc(NC(=O)[C@H](CCCNC(N)=O)NC(=O)[C@H](CCCNC(N)=O)NC(=O)CCN2C(=O)CC(C(C)(C)C)C2=O)cc1. The zero-order valence-electron chi connectivity index (χ0n) is 30.9. The van der Waals surface area contributed by atoms with Gasteiger partial charge in [0.25, 0.3) is 0 Å². The van der Waals surface area contributed by atoms with E-state index in [2.05, 4.69) is 26.6 Å². The molecule has 0 bridgehead atoms. The first kappa shape index (κ1) is 42.9. The van der Waals surface area contributed by atoms with Gasteiger partial charge in [0.2, 0.25) is 29.5 Å². The predicted octanol–water partition coefficient (Wildman–Crippen LogP) is 1.39. The first-order valence-electron chi connectivity index (χ1n) is 17.3. The number of amides is 9.